The molecule has 1 aromatic heterocycles. The molecule has 0 saturated heterocycles. The highest BCUT2D eigenvalue weighted by Gasteiger charge is 2.54. The normalized spacial score (nSPS) is 23.4. The van der Waals surface area contributed by atoms with Crippen LogP contribution in [0.3, 0.4) is 0 Å². The smallest absolute Gasteiger partial charge is 0.342 e. The van der Waals surface area contributed by atoms with Crippen molar-refractivity contribution in [3.05, 3.63) is 53.4 Å². The van der Waals surface area contributed by atoms with Gasteiger partial charge in [0.25, 0.3) is 0 Å². The largest absolute Gasteiger partial charge is 0.481 e. The Morgan fingerprint density at radius 1 is 1.03 bits per heavy atom. The van der Waals surface area contributed by atoms with E-state index in [2.05, 4.69) is 5.32 Å². The van der Waals surface area contributed by atoms with E-state index >= 15 is 0 Å². The van der Waals surface area contributed by atoms with Gasteiger partial charge in [-0.3, -0.25) is 9.59 Å². The first-order chi connectivity index (χ1) is 16.3. The Morgan fingerprint density at radius 2 is 1.74 bits per heavy atom. The van der Waals surface area contributed by atoms with E-state index in [0.29, 0.717) is 16.1 Å². The van der Waals surface area contributed by atoms with Gasteiger partial charge in [0.2, 0.25) is 5.91 Å². The van der Waals surface area contributed by atoms with Gasteiger partial charge in [0.05, 0.1) is 17.9 Å². The number of carboxylic acids is 1. The number of aliphatic carboxylic acids is 1. The first kappa shape index (κ1) is 22.6. The van der Waals surface area contributed by atoms with E-state index < -0.39 is 23.8 Å². The average Bonchev–Trinajstić information content (AvgIpc) is 3.52. The van der Waals surface area contributed by atoms with Gasteiger partial charge in [0.15, 0.2) is 0 Å². The Kier molecular flexibility index (Phi) is 5.90. The summed E-state index contributed by atoms with van der Waals surface area (Å²) in [6, 6.07) is 14.0. The van der Waals surface area contributed by atoms with Crippen LogP contribution in [0, 0.1) is 23.7 Å². The summed E-state index contributed by atoms with van der Waals surface area (Å²) in [7, 11) is 0. The number of hydrogen-bond donors (Lipinski definition) is 2. The lowest BCUT2D eigenvalue weighted by Crippen LogP contribution is -2.38. The molecule has 2 aliphatic rings. The number of fused-ring (bicyclic) bond motifs is 3. The monoisotopic (exact) mass is 477 g/mol. The molecule has 5 rings (SSSR count). The minimum absolute atomic E-state index is 0.0557. The number of ether oxygens (including phenoxy) is 1. The van der Waals surface area contributed by atoms with Gasteiger partial charge in [-0.25, -0.2) is 4.79 Å². The average molecular weight is 478 g/mol. The van der Waals surface area contributed by atoms with Gasteiger partial charge in [-0.15, -0.1) is 11.3 Å². The van der Waals surface area contributed by atoms with Gasteiger partial charge in [-0.2, -0.15) is 0 Å². The van der Waals surface area contributed by atoms with Crippen LogP contribution in [0.4, 0.5) is 5.00 Å². The summed E-state index contributed by atoms with van der Waals surface area (Å²) in [5, 5.41) is 17.1. The van der Waals surface area contributed by atoms with E-state index in [1.807, 2.05) is 47.8 Å². The van der Waals surface area contributed by atoms with Crippen LogP contribution in [0.1, 0.15) is 43.5 Å². The molecule has 2 aromatic carbocycles. The molecule has 7 heteroatoms. The van der Waals surface area contributed by atoms with Crippen molar-refractivity contribution >= 4 is 45.0 Å². The lowest BCUT2D eigenvalue weighted by Gasteiger charge is -2.27. The van der Waals surface area contributed by atoms with Crippen molar-refractivity contribution in [2.24, 2.45) is 23.7 Å². The minimum Gasteiger partial charge on any atom is -0.481 e. The van der Waals surface area contributed by atoms with Crippen LogP contribution < -0.4 is 5.32 Å². The van der Waals surface area contributed by atoms with Crippen LogP contribution in [0.5, 0.6) is 0 Å². The molecule has 2 N–H and O–H groups in total. The summed E-state index contributed by atoms with van der Waals surface area (Å²) < 4.78 is 5.52. The van der Waals surface area contributed by atoms with E-state index in [-0.39, 0.29) is 23.8 Å². The van der Waals surface area contributed by atoms with Crippen LogP contribution in [0.2, 0.25) is 0 Å². The maximum Gasteiger partial charge on any atom is 0.342 e. The number of carboxylic acid groups (broad SMARTS) is 1. The Hall–Kier alpha value is -3.19. The molecule has 2 fully saturated rings. The third-order valence-electron chi connectivity index (χ3n) is 7.14. The van der Waals surface area contributed by atoms with Gasteiger partial charge < -0.3 is 15.2 Å². The number of thiophene rings is 1. The Balaban J connectivity index is 1.51. The molecular formula is C27H27NO5S. The highest BCUT2D eigenvalue weighted by Crippen LogP contribution is 2.53. The quantitative estimate of drug-likeness (QED) is 0.437. The van der Waals surface area contributed by atoms with E-state index in [9.17, 15) is 19.5 Å². The Bertz CT molecular complexity index is 1280. The summed E-state index contributed by atoms with van der Waals surface area (Å²) in [6.07, 6.45) is 2.20. The summed E-state index contributed by atoms with van der Waals surface area (Å²) >= 11 is 1.27. The van der Waals surface area contributed by atoms with Crippen LogP contribution >= 0.6 is 11.3 Å². The van der Waals surface area contributed by atoms with Crippen molar-refractivity contribution in [3.8, 4) is 11.1 Å². The van der Waals surface area contributed by atoms with Gasteiger partial charge >= 0.3 is 11.9 Å². The zero-order chi connectivity index (χ0) is 24.0. The molecule has 34 heavy (non-hydrogen) atoms. The molecular weight excluding hydrogens is 450 g/mol. The van der Waals surface area contributed by atoms with Gasteiger partial charge in [-0.1, -0.05) is 36.4 Å². The molecule has 0 spiro atoms. The molecule has 0 aliphatic heterocycles. The van der Waals surface area contributed by atoms with Crippen molar-refractivity contribution in [1.29, 1.82) is 0 Å². The van der Waals surface area contributed by atoms with Gasteiger partial charge in [0.1, 0.15) is 10.6 Å². The van der Waals surface area contributed by atoms with Crippen LogP contribution in [0.25, 0.3) is 21.9 Å². The number of nitrogens with one attached hydrogen (secondary N) is 1. The third kappa shape index (κ3) is 3.98. The van der Waals surface area contributed by atoms with Crippen LogP contribution in [-0.2, 0) is 14.3 Å². The zero-order valence-electron chi connectivity index (χ0n) is 19.1. The number of carbonyl (C=O) groups excluding carboxylic acids is 2. The van der Waals surface area contributed by atoms with E-state index in [4.69, 9.17) is 4.74 Å². The highest BCUT2D eigenvalue weighted by molar-refractivity contribution is 7.15. The predicted molar refractivity (Wildman–Crippen MR) is 132 cm³/mol. The lowest BCUT2D eigenvalue weighted by atomic mass is 9.78. The fraction of sp³-hybridized carbons (Fsp3) is 0.370. The number of amides is 1. The summed E-state index contributed by atoms with van der Waals surface area (Å²) in [5.74, 6) is -2.82. The molecule has 2 aliphatic carbocycles. The lowest BCUT2D eigenvalue weighted by molar-refractivity contribution is -0.148. The SMILES string of the molecule is CC(C)OC(=O)c1c(-c2ccc3ccccc3c2)csc1NC(=O)[C@@H]1[C@H]2CC[C@@H](C2)[C@@H]1C(=O)O. The summed E-state index contributed by atoms with van der Waals surface area (Å²) in [4.78, 5) is 38.4. The third-order valence-corrected chi connectivity index (χ3v) is 8.03. The fourth-order valence-corrected chi connectivity index (χ4v) is 6.67. The van der Waals surface area contributed by atoms with Gasteiger partial charge in [-0.05, 0) is 67.3 Å². The molecule has 0 radical (unpaired) electrons. The molecule has 3 aromatic rings. The standard InChI is InChI=1S/C27H27NO5S/c1-14(2)33-27(32)23-20(17-8-7-15-5-3-4-6-16(15)11-17)13-34-25(23)28-24(29)21-18-9-10-19(12-18)22(21)26(30)31/h3-8,11,13-14,18-19,21-22H,9-10,12H2,1-2H3,(H,28,29)(H,30,31)/t18-,19-,21+,22-/m0/s1. The van der Waals surface area contributed by atoms with Crippen molar-refractivity contribution in [1.82, 2.24) is 0 Å². The molecule has 6 nitrogen and oxygen atoms in total. The first-order valence-corrected chi connectivity index (χ1v) is 12.6. The zero-order valence-corrected chi connectivity index (χ0v) is 19.9. The second-order valence-corrected chi connectivity index (χ2v) is 10.5. The molecule has 4 atom stereocenters. The predicted octanol–water partition coefficient (Wildman–Crippen LogP) is 5.82. The molecule has 1 amide bonds. The second-order valence-electron chi connectivity index (χ2n) is 9.58. The fourth-order valence-electron chi connectivity index (χ4n) is 5.71. The van der Waals surface area contributed by atoms with Crippen molar-refractivity contribution in [2.45, 2.75) is 39.2 Å². The second kappa shape index (κ2) is 8.87. The first-order valence-electron chi connectivity index (χ1n) is 11.7. The minimum atomic E-state index is -0.908. The number of rotatable bonds is 6. The molecule has 0 unspecified atom stereocenters. The summed E-state index contributed by atoms with van der Waals surface area (Å²) in [6.45, 7) is 3.57. The molecule has 2 bridgehead atoms. The number of esters is 1. The molecule has 2 saturated carbocycles. The van der Waals surface area contributed by atoms with Crippen molar-refractivity contribution in [3.63, 3.8) is 0 Å². The number of carbonyl (C=O) groups is 3. The topological polar surface area (TPSA) is 92.7 Å². The van der Waals surface area contributed by atoms with Crippen molar-refractivity contribution < 1.29 is 24.2 Å². The summed E-state index contributed by atoms with van der Waals surface area (Å²) in [5.41, 5.74) is 1.87. The van der Waals surface area contributed by atoms with Crippen molar-refractivity contribution in [2.75, 3.05) is 5.32 Å². The number of hydrogen-bond acceptors (Lipinski definition) is 5. The highest BCUT2D eigenvalue weighted by atomic mass is 32.1. The van der Waals surface area contributed by atoms with Gasteiger partial charge in [0, 0.05) is 10.9 Å². The molecule has 1 heterocycles. The Labute approximate surface area is 201 Å². The maximum absolute atomic E-state index is 13.3. The van der Waals surface area contributed by atoms with Crippen LogP contribution in [0.15, 0.2) is 47.8 Å². The number of anilines is 1. The van der Waals surface area contributed by atoms with E-state index in [1.54, 1.807) is 13.8 Å². The molecule has 176 valence electrons. The number of benzene rings is 2. The Morgan fingerprint density at radius 3 is 2.44 bits per heavy atom. The maximum atomic E-state index is 13.3. The van der Waals surface area contributed by atoms with E-state index in [1.165, 1.54) is 11.3 Å². The van der Waals surface area contributed by atoms with Crippen LogP contribution in [-0.4, -0.2) is 29.1 Å². The van der Waals surface area contributed by atoms with E-state index in [0.717, 1.165) is 35.6 Å².